The van der Waals surface area contributed by atoms with Crippen LogP contribution < -0.4 is 5.32 Å². The van der Waals surface area contributed by atoms with E-state index in [0.29, 0.717) is 18.9 Å². The third kappa shape index (κ3) is 3.98. The lowest BCUT2D eigenvalue weighted by Gasteiger charge is -2.40. The van der Waals surface area contributed by atoms with Crippen molar-refractivity contribution in [2.24, 2.45) is 11.8 Å². The van der Waals surface area contributed by atoms with Crippen LogP contribution in [0, 0.1) is 11.8 Å². The highest BCUT2D eigenvalue weighted by Gasteiger charge is 2.42. The second kappa shape index (κ2) is 6.66. The molecule has 4 nitrogen and oxygen atoms in total. The van der Waals surface area contributed by atoms with Crippen LogP contribution in [0.4, 0.5) is 0 Å². The van der Waals surface area contributed by atoms with Crippen molar-refractivity contribution in [3.63, 3.8) is 0 Å². The minimum absolute atomic E-state index is 0.0254. The van der Waals surface area contributed by atoms with Crippen molar-refractivity contribution in [3.8, 4) is 0 Å². The second-order valence-corrected chi connectivity index (χ2v) is 7.46. The Balaban J connectivity index is 1.51. The molecule has 1 saturated heterocycles. The topological polar surface area (TPSA) is 52.6 Å². The van der Waals surface area contributed by atoms with Crippen LogP contribution in [0.15, 0.2) is 0 Å². The maximum atomic E-state index is 12.6. The van der Waals surface area contributed by atoms with E-state index in [2.05, 4.69) is 5.32 Å². The molecule has 1 heterocycles. The van der Waals surface area contributed by atoms with Crippen LogP contribution in [0.5, 0.6) is 0 Å². The molecule has 3 aliphatic rings. The number of piperidine rings is 1. The molecule has 0 aromatic heterocycles. The largest absolute Gasteiger partial charge is 0.379 e. The van der Waals surface area contributed by atoms with Crippen molar-refractivity contribution >= 4 is 5.91 Å². The Hall–Kier alpha value is -0.610. The number of likely N-dealkylation sites (tertiary alicyclic amines) is 1. The summed E-state index contributed by atoms with van der Waals surface area (Å²) in [5, 5.41) is 14.0. The van der Waals surface area contributed by atoms with E-state index in [1.165, 1.54) is 44.9 Å². The average Bonchev–Trinajstić information content (AvgIpc) is 3.30. The van der Waals surface area contributed by atoms with E-state index >= 15 is 0 Å². The van der Waals surface area contributed by atoms with Crippen LogP contribution >= 0.6 is 0 Å². The van der Waals surface area contributed by atoms with Crippen LogP contribution in [0.25, 0.3) is 0 Å². The van der Waals surface area contributed by atoms with Gasteiger partial charge in [0.15, 0.2) is 5.60 Å². The summed E-state index contributed by atoms with van der Waals surface area (Å²) in [5.41, 5.74) is -1.15. The van der Waals surface area contributed by atoms with E-state index in [0.717, 1.165) is 32.0 Å². The summed E-state index contributed by atoms with van der Waals surface area (Å²) in [6, 6.07) is 0. The fraction of sp³-hybridized carbons (Fsp3) is 0.941. The zero-order chi connectivity index (χ0) is 14.7. The molecule has 1 atom stereocenters. The van der Waals surface area contributed by atoms with Gasteiger partial charge < -0.3 is 15.3 Å². The first kappa shape index (κ1) is 15.3. The molecule has 120 valence electrons. The standard InChI is InChI=1S/C17H30N2O2/c20-16-17(21,13-18-11-14-7-8-14)9-4-10-19(16)12-15-5-2-1-3-6-15/h14-15,18,21H,1-13H2. The number of hydrogen-bond acceptors (Lipinski definition) is 3. The number of carbonyl (C=O) groups is 1. The smallest absolute Gasteiger partial charge is 0.255 e. The Kier molecular flexibility index (Phi) is 4.85. The second-order valence-electron chi connectivity index (χ2n) is 7.46. The van der Waals surface area contributed by atoms with E-state index in [1.54, 1.807) is 0 Å². The molecule has 0 aromatic carbocycles. The number of rotatable bonds is 6. The van der Waals surface area contributed by atoms with E-state index in [9.17, 15) is 9.90 Å². The molecule has 1 amide bonds. The molecule has 0 aromatic rings. The number of carbonyl (C=O) groups excluding carboxylic acids is 1. The van der Waals surface area contributed by atoms with Gasteiger partial charge in [0.25, 0.3) is 5.91 Å². The third-order valence-electron chi connectivity index (χ3n) is 5.45. The first-order valence-corrected chi connectivity index (χ1v) is 8.90. The molecule has 2 aliphatic carbocycles. The van der Waals surface area contributed by atoms with Gasteiger partial charge in [0, 0.05) is 19.6 Å². The number of nitrogens with zero attached hydrogens (tertiary/aromatic N) is 1. The molecule has 3 fully saturated rings. The molecule has 0 bridgehead atoms. The van der Waals surface area contributed by atoms with Gasteiger partial charge >= 0.3 is 0 Å². The lowest BCUT2D eigenvalue weighted by molar-refractivity contribution is -0.157. The normalized spacial score (nSPS) is 31.7. The molecule has 3 rings (SSSR count). The van der Waals surface area contributed by atoms with Gasteiger partial charge in [-0.05, 0) is 56.9 Å². The van der Waals surface area contributed by atoms with Gasteiger partial charge in [-0.3, -0.25) is 4.79 Å². The molecule has 21 heavy (non-hydrogen) atoms. The van der Waals surface area contributed by atoms with Crippen LogP contribution in [-0.4, -0.2) is 47.7 Å². The minimum Gasteiger partial charge on any atom is -0.379 e. The third-order valence-corrected chi connectivity index (χ3v) is 5.45. The molecule has 0 spiro atoms. The van der Waals surface area contributed by atoms with Crippen molar-refractivity contribution < 1.29 is 9.90 Å². The summed E-state index contributed by atoms with van der Waals surface area (Å²) >= 11 is 0. The predicted molar refractivity (Wildman–Crippen MR) is 82.9 cm³/mol. The number of aliphatic hydroxyl groups is 1. The molecule has 1 unspecified atom stereocenters. The number of nitrogens with one attached hydrogen (secondary N) is 1. The molecule has 2 saturated carbocycles. The van der Waals surface area contributed by atoms with Crippen molar-refractivity contribution in [2.75, 3.05) is 26.2 Å². The van der Waals surface area contributed by atoms with E-state index < -0.39 is 5.60 Å². The van der Waals surface area contributed by atoms with Crippen molar-refractivity contribution in [1.29, 1.82) is 0 Å². The summed E-state index contributed by atoms with van der Waals surface area (Å²) in [4.78, 5) is 14.6. The first-order valence-electron chi connectivity index (χ1n) is 8.90. The Morgan fingerprint density at radius 3 is 2.57 bits per heavy atom. The molecule has 1 aliphatic heterocycles. The summed E-state index contributed by atoms with van der Waals surface area (Å²) < 4.78 is 0. The Labute approximate surface area is 128 Å². The Bertz CT molecular complexity index is 364. The first-order chi connectivity index (χ1) is 10.2. The molecular formula is C17H30N2O2. The van der Waals surface area contributed by atoms with Crippen molar-refractivity contribution in [1.82, 2.24) is 10.2 Å². The van der Waals surface area contributed by atoms with Crippen LogP contribution in [0.3, 0.4) is 0 Å². The number of amides is 1. The van der Waals surface area contributed by atoms with E-state index in [4.69, 9.17) is 0 Å². The maximum absolute atomic E-state index is 12.6. The summed E-state index contributed by atoms with van der Waals surface area (Å²) in [6.07, 6.45) is 10.6. The maximum Gasteiger partial charge on any atom is 0.255 e. The molecule has 0 radical (unpaired) electrons. The number of hydrogen-bond donors (Lipinski definition) is 2. The molecular weight excluding hydrogens is 264 g/mol. The highest BCUT2D eigenvalue weighted by atomic mass is 16.3. The quantitative estimate of drug-likeness (QED) is 0.787. The van der Waals surface area contributed by atoms with Gasteiger partial charge in [0.2, 0.25) is 0 Å². The Morgan fingerprint density at radius 1 is 1.10 bits per heavy atom. The monoisotopic (exact) mass is 294 g/mol. The highest BCUT2D eigenvalue weighted by Crippen LogP contribution is 2.30. The SMILES string of the molecule is O=C1N(CC2CCCCC2)CCCC1(O)CNCC1CC1. The van der Waals surface area contributed by atoms with Crippen LogP contribution in [-0.2, 0) is 4.79 Å². The molecule has 4 heteroatoms. The van der Waals surface area contributed by atoms with Gasteiger partial charge in [-0.25, -0.2) is 0 Å². The van der Waals surface area contributed by atoms with Crippen molar-refractivity contribution in [2.45, 2.75) is 63.4 Å². The lowest BCUT2D eigenvalue weighted by Crippen LogP contribution is -2.58. The van der Waals surface area contributed by atoms with E-state index in [1.807, 2.05) is 4.90 Å². The molecule has 2 N–H and O–H groups in total. The average molecular weight is 294 g/mol. The summed E-state index contributed by atoms with van der Waals surface area (Å²) in [7, 11) is 0. The van der Waals surface area contributed by atoms with Gasteiger partial charge in [0.05, 0.1) is 0 Å². The zero-order valence-electron chi connectivity index (χ0n) is 13.1. The summed E-state index contributed by atoms with van der Waals surface area (Å²) in [5.74, 6) is 1.41. The minimum atomic E-state index is -1.15. The summed E-state index contributed by atoms with van der Waals surface area (Å²) in [6.45, 7) is 3.09. The Morgan fingerprint density at radius 2 is 1.86 bits per heavy atom. The zero-order valence-corrected chi connectivity index (χ0v) is 13.1. The van der Waals surface area contributed by atoms with Crippen LogP contribution in [0.1, 0.15) is 57.8 Å². The lowest BCUT2D eigenvalue weighted by atomic mass is 9.86. The predicted octanol–water partition coefficient (Wildman–Crippen LogP) is 1.92. The van der Waals surface area contributed by atoms with Crippen molar-refractivity contribution in [3.05, 3.63) is 0 Å². The fourth-order valence-electron chi connectivity index (χ4n) is 3.89. The van der Waals surface area contributed by atoms with Gasteiger partial charge in [-0.15, -0.1) is 0 Å². The highest BCUT2D eigenvalue weighted by molar-refractivity contribution is 5.86. The fourth-order valence-corrected chi connectivity index (χ4v) is 3.89. The van der Waals surface area contributed by atoms with Gasteiger partial charge in [-0.2, -0.15) is 0 Å². The van der Waals surface area contributed by atoms with Gasteiger partial charge in [0.1, 0.15) is 0 Å². The van der Waals surface area contributed by atoms with Crippen LogP contribution in [0.2, 0.25) is 0 Å². The van der Waals surface area contributed by atoms with E-state index in [-0.39, 0.29) is 5.91 Å². The van der Waals surface area contributed by atoms with Gasteiger partial charge in [-0.1, -0.05) is 19.3 Å².